The molecule has 1 fully saturated rings. The van der Waals surface area contributed by atoms with Gasteiger partial charge in [-0.1, -0.05) is 24.4 Å². The molecule has 0 aliphatic heterocycles. The first-order chi connectivity index (χ1) is 8.13. The topological polar surface area (TPSA) is 53.2 Å². The molecule has 1 aromatic carbocycles. The van der Waals surface area contributed by atoms with Gasteiger partial charge in [-0.25, -0.2) is 0 Å². The van der Waals surface area contributed by atoms with E-state index in [0.29, 0.717) is 16.3 Å². The van der Waals surface area contributed by atoms with E-state index in [1.165, 1.54) is 0 Å². The van der Waals surface area contributed by atoms with E-state index in [0.717, 1.165) is 25.7 Å². The zero-order valence-corrected chi connectivity index (χ0v) is 10.2. The molecule has 90 valence electrons. The number of benzene rings is 1. The highest BCUT2D eigenvalue weighted by molar-refractivity contribution is 6.30. The van der Waals surface area contributed by atoms with Crippen molar-refractivity contribution in [1.82, 2.24) is 0 Å². The predicted molar refractivity (Wildman–Crippen MR) is 65.1 cm³/mol. The standard InChI is InChI=1S/C13H14ClNO2/c14-11-4-3-10(8-15)12(7-11)17-9-13(16)5-1-2-6-13/h3-4,7,16H,1-2,5-6,9H2. The van der Waals surface area contributed by atoms with E-state index < -0.39 is 5.60 Å². The zero-order valence-electron chi connectivity index (χ0n) is 9.45. The van der Waals surface area contributed by atoms with Gasteiger partial charge >= 0.3 is 0 Å². The number of nitrogens with zero attached hydrogens (tertiary/aromatic N) is 1. The highest BCUT2D eigenvalue weighted by Gasteiger charge is 2.32. The normalized spacial score (nSPS) is 17.7. The fourth-order valence-electron chi connectivity index (χ4n) is 2.10. The van der Waals surface area contributed by atoms with Crippen molar-refractivity contribution in [2.45, 2.75) is 31.3 Å². The third-order valence-corrected chi connectivity index (χ3v) is 3.33. The van der Waals surface area contributed by atoms with Crippen LogP contribution in [0.15, 0.2) is 18.2 Å². The molecule has 0 radical (unpaired) electrons. The quantitative estimate of drug-likeness (QED) is 0.899. The minimum absolute atomic E-state index is 0.224. The number of rotatable bonds is 3. The van der Waals surface area contributed by atoms with Crippen molar-refractivity contribution < 1.29 is 9.84 Å². The third-order valence-electron chi connectivity index (χ3n) is 3.09. The summed E-state index contributed by atoms with van der Waals surface area (Å²) in [5.41, 5.74) is -0.300. The van der Waals surface area contributed by atoms with Crippen LogP contribution in [0.1, 0.15) is 31.2 Å². The fourth-order valence-corrected chi connectivity index (χ4v) is 2.26. The second-order valence-electron chi connectivity index (χ2n) is 4.47. The smallest absolute Gasteiger partial charge is 0.138 e. The van der Waals surface area contributed by atoms with Crippen molar-refractivity contribution in [3.63, 3.8) is 0 Å². The van der Waals surface area contributed by atoms with Gasteiger partial charge in [-0.2, -0.15) is 5.26 Å². The average molecular weight is 252 g/mol. The Labute approximate surface area is 106 Å². The van der Waals surface area contributed by atoms with Crippen molar-refractivity contribution in [1.29, 1.82) is 5.26 Å². The molecule has 0 heterocycles. The van der Waals surface area contributed by atoms with Gasteiger partial charge in [-0.3, -0.25) is 0 Å². The Balaban J connectivity index is 2.08. The fraction of sp³-hybridized carbons (Fsp3) is 0.462. The van der Waals surface area contributed by atoms with Crippen LogP contribution in [0.3, 0.4) is 0 Å². The summed E-state index contributed by atoms with van der Waals surface area (Å²) < 4.78 is 5.54. The van der Waals surface area contributed by atoms with E-state index in [1.54, 1.807) is 18.2 Å². The molecule has 1 aromatic rings. The van der Waals surface area contributed by atoms with Crippen LogP contribution in [0.2, 0.25) is 5.02 Å². The number of halogens is 1. The molecule has 17 heavy (non-hydrogen) atoms. The molecule has 0 unspecified atom stereocenters. The van der Waals surface area contributed by atoms with Crippen molar-refractivity contribution in [2.75, 3.05) is 6.61 Å². The monoisotopic (exact) mass is 251 g/mol. The van der Waals surface area contributed by atoms with E-state index in [-0.39, 0.29) is 6.61 Å². The molecule has 1 aliphatic rings. The summed E-state index contributed by atoms with van der Waals surface area (Å²) >= 11 is 5.85. The van der Waals surface area contributed by atoms with Gasteiger partial charge in [-0.15, -0.1) is 0 Å². The molecule has 0 spiro atoms. The van der Waals surface area contributed by atoms with Crippen LogP contribution in [0.25, 0.3) is 0 Å². The van der Waals surface area contributed by atoms with Gasteiger partial charge in [0.2, 0.25) is 0 Å². The van der Waals surface area contributed by atoms with Gasteiger partial charge in [0.25, 0.3) is 0 Å². The minimum Gasteiger partial charge on any atom is -0.489 e. The Morgan fingerprint density at radius 3 is 2.76 bits per heavy atom. The summed E-state index contributed by atoms with van der Waals surface area (Å²) in [4.78, 5) is 0. The largest absolute Gasteiger partial charge is 0.489 e. The Hall–Kier alpha value is -1.24. The summed E-state index contributed by atoms with van der Waals surface area (Å²) in [6.07, 6.45) is 3.58. The number of aliphatic hydroxyl groups is 1. The summed E-state index contributed by atoms with van der Waals surface area (Å²) in [6, 6.07) is 6.93. The molecule has 0 saturated heterocycles. The molecular weight excluding hydrogens is 238 g/mol. The molecule has 2 rings (SSSR count). The zero-order chi connectivity index (χ0) is 12.3. The molecular formula is C13H14ClNO2. The Morgan fingerprint density at radius 1 is 1.41 bits per heavy atom. The minimum atomic E-state index is -0.741. The van der Waals surface area contributed by atoms with E-state index in [9.17, 15) is 5.11 Å². The van der Waals surface area contributed by atoms with E-state index in [2.05, 4.69) is 0 Å². The van der Waals surface area contributed by atoms with Crippen LogP contribution in [0, 0.1) is 11.3 Å². The number of ether oxygens (including phenoxy) is 1. The number of nitriles is 1. The molecule has 3 nitrogen and oxygen atoms in total. The average Bonchev–Trinajstić information content (AvgIpc) is 2.74. The molecule has 4 heteroatoms. The predicted octanol–water partition coefficient (Wildman–Crippen LogP) is 2.90. The van der Waals surface area contributed by atoms with Gasteiger partial charge in [0.05, 0.1) is 11.2 Å². The Kier molecular flexibility index (Phi) is 3.56. The first-order valence-electron chi connectivity index (χ1n) is 5.68. The van der Waals surface area contributed by atoms with Crippen LogP contribution in [-0.2, 0) is 0 Å². The molecule has 1 N–H and O–H groups in total. The van der Waals surface area contributed by atoms with Gasteiger partial charge in [0.1, 0.15) is 18.4 Å². The van der Waals surface area contributed by atoms with E-state index >= 15 is 0 Å². The summed E-state index contributed by atoms with van der Waals surface area (Å²) in [7, 11) is 0. The highest BCUT2D eigenvalue weighted by Crippen LogP contribution is 2.31. The maximum absolute atomic E-state index is 10.1. The molecule has 1 saturated carbocycles. The van der Waals surface area contributed by atoms with Crippen LogP contribution >= 0.6 is 11.6 Å². The van der Waals surface area contributed by atoms with Gasteiger partial charge < -0.3 is 9.84 Å². The van der Waals surface area contributed by atoms with E-state index in [1.807, 2.05) is 6.07 Å². The maximum atomic E-state index is 10.1. The van der Waals surface area contributed by atoms with Crippen molar-refractivity contribution in [3.05, 3.63) is 28.8 Å². The van der Waals surface area contributed by atoms with Crippen molar-refractivity contribution in [3.8, 4) is 11.8 Å². The molecule has 0 bridgehead atoms. The van der Waals surface area contributed by atoms with Gasteiger partial charge in [0.15, 0.2) is 0 Å². The molecule has 0 aromatic heterocycles. The lowest BCUT2D eigenvalue weighted by Gasteiger charge is -2.22. The molecule has 1 aliphatic carbocycles. The second-order valence-corrected chi connectivity index (χ2v) is 4.91. The summed E-state index contributed by atoms with van der Waals surface area (Å²) in [6.45, 7) is 0.224. The van der Waals surface area contributed by atoms with Crippen molar-refractivity contribution in [2.24, 2.45) is 0 Å². The Morgan fingerprint density at radius 2 is 2.12 bits per heavy atom. The van der Waals surface area contributed by atoms with Crippen LogP contribution in [0.4, 0.5) is 0 Å². The van der Waals surface area contributed by atoms with Crippen LogP contribution in [-0.4, -0.2) is 17.3 Å². The van der Waals surface area contributed by atoms with Crippen molar-refractivity contribution >= 4 is 11.6 Å². The van der Waals surface area contributed by atoms with Gasteiger partial charge in [-0.05, 0) is 25.0 Å². The number of hydrogen-bond donors (Lipinski definition) is 1. The lowest BCUT2D eigenvalue weighted by atomic mass is 10.0. The Bertz CT molecular complexity index is 447. The van der Waals surface area contributed by atoms with Crippen LogP contribution < -0.4 is 4.74 Å². The molecule has 0 amide bonds. The molecule has 0 atom stereocenters. The SMILES string of the molecule is N#Cc1ccc(Cl)cc1OCC1(O)CCCC1. The highest BCUT2D eigenvalue weighted by atomic mass is 35.5. The maximum Gasteiger partial charge on any atom is 0.138 e. The second kappa shape index (κ2) is 4.95. The first-order valence-corrected chi connectivity index (χ1v) is 6.06. The lowest BCUT2D eigenvalue weighted by Crippen LogP contribution is -2.32. The lowest BCUT2D eigenvalue weighted by molar-refractivity contribution is 0.00133. The van der Waals surface area contributed by atoms with Crippen LogP contribution in [0.5, 0.6) is 5.75 Å². The first kappa shape index (κ1) is 12.2. The number of hydrogen-bond acceptors (Lipinski definition) is 3. The summed E-state index contributed by atoms with van der Waals surface area (Å²) in [5, 5.41) is 19.6. The summed E-state index contributed by atoms with van der Waals surface area (Å²) in [5.74, 6) is 0.445. The van der Waals surface area contributed by atoms with Gasteiger partial charge in [0, 0.05) is 11.1 Å². The third kappa shape index (κ3) is 2.91. The van der Waals surface area contributed by atoms with E-state index in [4.69, 9.17) is 21.6 Å².